The molecule has 1 N–H and O–H groups in total. The number of methoxy groups -OCH3 is 1. The van der Waals surface area contributed by atoms with Crippen LogP contribution in [-0.4, -0.2) is 46.4 Å². The van der Waals surface area contributed by atoms with Crippen LogP contribution in [0.4, 0.5) is 0 Å². The Morgan fingerprint density at radius 3 is 1.55 bits per heavy atom. The molecule has 0 saturated carbocycles. The van der Waals surface area contributed by atoms with E-state index in [1.54, 1.807) is 14.2 Å². The monoisotopic (exact) mass is 535 g/mol. The zero-order valence-electron chi connectivity index (χ0n) is 23.1. The predicted molar refractivity (Wildman–Crippen MR) is 157 cm³/mol. The topological polar surface area (TPSA) is 73.9 Å². The van der Waals surface area contributed by atoms with Crippen LogP contribution in [0.1, 0.15) is 28.7 Å². The average molecular weight is 535 g/mol. The van der Waals surface area contributed by atoms with Crippen LogP contribution in [0, 0.1) is 0 Å². The third-order valence-electron chi connectivity index (χ3n) is 7.17. The van der Waals surface area contributed by atoms with E-state index in [9.17, 15) is 9.59 Å². The van der Waals surface area contributed by atoms with E-state index >= 15 is 0 Å². The van der Waals surface area contributed by atoms with Crippen molar-refractivity contribution in [3.63, 3.8) is 0 Å². The number of benzene rings is 4. The second-order valence-corrected chi connectivity index (χ2v) is 9.57. The van der Waals surface area contributed by atoms with Gasteiger partial charge in [0.15, 0.2) is 0 Å². The molecule has 1 atom stereocenters. The van der Waals surface area contributed by atoms with Gasteiger partial charge in [0.2, 0.25) is 5.91 Å². The second-order valence-electron chi connectivity index (χ2n) is 9.57. The normalized spacial score (nSPS) is 11.9. The molecule has 1 amide bonds. The van der Waals surface area contributed by atoms with E-state index in [0.717, 1.165) is 27.7 Å². The zero-order chi connectivity index (χ0) is 28.4. The number of nitrogens with one attached hydrogen (secondary N) is 1. The summed E-state index contributed by atoms with van der Waals surface area (Å²) in [6, 6.07) is 36.7. The maximum Gasteiger partial charge on any atom is 0.493 e. The maximum absolute atomic E-state index is 13.9. The lowest BCUT2D eigenvalue weighted by Gasteiger charge is -2.36. The number of carbonyl (C=O) groups is 2. The molecule has 4 aromatic carbocycles. The van der Waals surface area contributed by atoms with Gasteiger partial charge < -0.3 is 19.4 Å². The van der Waals surface area contributed by atoms with E-state index in [4.69, 9.17) is 14.0 Å². The van der Waals surface area contributed by atoms with Gasteiger partial charge >= 0.3 is 13.1 Å². The molecule has 204 valence electrons. The van der Waals surface area contributed by atoms with Gasteiger partial charge in [0.25, 0.3) is 0 Å². The van der Waals surface area contributed by atoms with Crippen LogP contribution in [0.15, 0.2) is 115 Å². The lowest BCUT2D eigenvalue weighted by atomic mass is 9.67. The highest BCUT2D eigenvalue weighted by Gasteiger charge is 2.39. The van der Waals surface area contributed by atoms with Crippen molar-refractivity contribution in [1.29, 1.82) is 0 Å². The Balaban J connectivity index is 1.66. The van der Waals surface area contributed by atoms with Crippen molar-refractivity contribution < 1.29 is 23.6 Å². The van der Waals surface area contributed by atoms with Crippen molar-refractivity contribution in [2.24, 2.45) is 0 Å². The van der Waals surface area contributed by atoms with Crippen LogP contribution < -0.4 is 10.8 Å². The fourth-order valence-corrected chi connectivity index (χ4v) is 5.21. The minimum absolute atomic E-state index is 0.0980. The molecule has 0 saturated heterocycles. The molecule has 0 bridgehead atoms. The first kappa shape index (κ1) is 28.8. The Kier molecular flexibility index (Phi) is 9.89. The van der Waals surface area contributed by atoms with E-state index in [2.05, 4.69) is 5.32 Å². The number of esters is 1. The summed E-state index contributed by atoms with van der Waals surface area (Å²) in [4.78, 5) is 26.7. The Labute approximate surface area is 236 Å². The van der Waals surface area contributed by atoms with Crippen LogP contribution in [0.5, 0.6) is 0 Å². The van der Waals surface area contributed by atoms with E-state index in [1.807, 2.05) is 115 Å². The molecular formula is C33H34BNO5. The standard InChI is InChI=1S/C33H34BNO5/c1-38-32(37)30(23-25-19-21-29(22-20-25)34(39-2)40-3)35-31(36)24-33(26-13-7-4-8-14-26,27-15-9-5-10-16-27)28-17-11-6-12-18-28/h4-22,30H,23-24H2,1-3H3,(H,35,36)/t30-/m1/s1. The van der Waals surface area contributed by atoms with Gasteiger partial charge in [-0.05, 0) is 27.7 Å². The summed E-state index contributed by atoms with van der Waals surface area (Å²) in [5, 5.41) is 2.98. The van der Waals surface area contributed by atoms with E-state index in [-0.39, 0.29) is 18.7 Å². The van der Waals surface area contributed by atoms with E-state index < -0.39 is 24.5 Å². The van der Waals surface area contributed by atoms with Gasteiger partial charge in [-0.25, -0.2) is 4.79 Å². The maximum atomic E-state index is 13.9. The number of hydrogen-bond acceptors (Lipinski definition) is 5. The fourth-order valence-electron chi connectivity index (χ4n) is 5.21. The van der Waals surface area contributed by atoms with Gasteiger partial charge in [-0.3, -0.25) is 4.79 Å². The summed E-state index contributed by atoms with van der Waals surface area (Å²) in [6.07, 6.45) is 0.374. The molecule has 6 nitrogen and oxygen atoms in total. The molecule has 0 fully saturated rings. The molecule has 0 radical (unpaired) electrons. The number of hydrogen-bond donors (Lipinski definition) is 1. The molecule has 0 aliphatic rings. The van der Waals surface area contributed by atoms with Crippen molar-refractivity contribution in [2.75, 3.05) is 21.3 Å². The second kappa shape index (κ2) is 13.7. The number of amides is 1. The molecule has 0 spiro atoms. The Morgan fingerprint density at radius 1 is 0.700 bits per heavy atom. The number of ether oxygens (including phenoxy) is 1. The highest BCUT2D eigenvalue weighted by atomic mass is 16.6. The molecule has 4 rings (SSSR count). The summed E-state index contributed by atoms with van der Waals surface area (Å²) in [7, 11) is 4.00. The Bertz CT molecular complexity index is 1260. The molecule has 0 aliphatic carbocycles. The largest absolute Gasteiger partial charge is 0.493 e. The number of rotatable bonds is 12. The Hall–Kier alpha value is -4.20. The van der Waals surface area contributed by atoms with Crippen LogP contribution in [-0.2, 0) is 35.5 Å². The summed E-state index contributed by atoms with van der Waals surface area (Å²) in [6.45, 7) is 0. The van der Waals surface area contributed by atoms with Gasteiger partial charge in [-0.1, -0.05) is 115 Å². The van der Waals surface area contributed by atoms with Crippen LogP contribution in [0.3, 0.4) is 0 Å². The average Bonchev–Trinajstić information content (AvgIpc) is 3.02. The van der Waals surface area contributed by atoms with Crippen LogP contribution in [0.25, 0.3) is 0 Å². The van der Waals surface area contributed by atoms with Gasteiger partial charge in [-0.15, -0.1) is 0 Å². The quantitative estimate of drug-likeness (QED) is 0.166. The molecule has 40 heavy (non-hydrogen) atoms. The summed E-state index contributed by atoms with van der Waals surface area (Å²) >= 11 is 0. The highest BCUT2D eigenvalue weighted by molar-refractivity contribution is 6.61. The van der Waals surface area contributed by atoms with Gasteiger partial charge in [-0.2, -0.15) is 0 Å². The van der Waals surface area contributed by atoms with Crippen molar-refractivity contribution in [1.82, 2.24) is 5.32 Å². The summed E-state index contributed by atoms with van der Waals surface area (Å²) in [5.74, 6) is -0.767. The Morgan fingerprint density at radius 2 is 1.15 bits per heavy atom. The van der Waals surface area contributed by atoms with E-state index in [1.165, 1.54) is 7.11 Å². The molecule has 0 unspecified atom stereocenters. The zero-order valence-corrected chi connectivity index (χ0v) is 23.1. The lowest BCUT2D eigenvalue weighted by Crippen LogP contribution is -2.46. The third-order valence-corrected chi connectivity index (χ3v) is 7.17. The number of carbonyl (C=O) groups excluding carboxylic acids is 2. The molecular weight excluding hydrogens is 501 g/mol. The minimum atomic E-state index is -0.857. The van der Waals surface area contributed by atoms with E-state index in [0.29, 0.717) is 0 Å². The van der Waals surface area contributed by atoms with Crippen LogP contribution >= 0.6 is 0 Å². The molecule has 4 aromatic rings. The molecule has 7 heteroatoms. The van der Waals surface area contributed by atoms with Crippen molar-refractivity contribution in [2.45, 2.75) is 24.3 Å². The van der Waals surface area contributed by atoms with Crippen molar-refractivity contribution in [3.05, 3.63) is 138 Å². The smallest absolute Gasteiger partial charge is 0.467 e. The fraction of sp³-hybridized carbons (Fsp3) is 0.212. The third kappa shape index (κ3) is 6.50. The molecule has 0 aliphatic heterocycles. The molecule has 0 aromatic heterocycles. The van der Waals surface area contributed by atoms with Crippen molar-refractivity contribution >= 4 is 24.5 Å². The first-order valence-corrected chi connectivity index (χ1v) is 13.2. The summed E-state index contributed by atoms with van der Waals surface area (Å²) in [5.41, 5.74) is 3.90. The minimum Gasteiger partial charge on any atom is -0.467 e. The van der Waals surface area contributed by atoms with Gasteiger partial charge in [0.1, 0.15) is 6.04 Å². The first-order valence-electron chi connectivity index (χ1n) is 13.2. The lowest BCUT2D eigenvalue weighted by molar-refractivity contribution is -0.145. The van der Waals surface area contributed by atoms with Gasteiger partial charge in [0.05, 0.1) is 12.5 Å². The highest BCUT2D eigenvalue weighted by Crippen LogP contribution is 2.42. The van der Waals surface area contributed by atoms with Crippen LogP contribution in [0.2, 0.25) is 0 Å². The SMILES string of the molecule is COB(OC)c1ccc(C[C@@H](NC(=O)CC(c2ccccc2)(c2ccccc2)c2ccccc2)C(=O)OC)cc1. The van der Waals surface area contributed by atoms with Gasteiger partial charge in [0, 0.05) is 27.1 Å². The first-order chi connectivity index (χ1) is 19.5. The van der Waals surface area contributed by atoms with Crippen molar-refractivity contribution in [3.8, 4) is 0 Å². The summed E-state index contributed by atoms with van der Waals surface area (Å²) < 4.78 is 15.7. The predicted octanol–water partition coefficient (Wildman–Crippen LogP) is 4.30. The molecule has 0 heterocycles.